The number of nitrogens with one attached hydrogen (secondary N) is 4. The van der Waals surface area contributed by atoms with Gasteiger partial charge in [-0.3, -0.25) is 15.0 Å². The monoisotopic (exact) mass is 380 g/mol. The molecule has 0 aliphatic carbocycles. The van der Waals surface area contributed by atoms with Gasteiger partial charge in [0.25, 0.3) is 0 Å². The second kappa shape index (κ2) is 11.8. The number of rotatable bonds is 11. The first-order valence-electron chi connectivity index (χ1n) is 7.11. The number of hydrogen-bond acceptors (Lipinski definition) is 7. The normalized spacial score (nSPS) is 14.1. The van der Waals surface area contributed by atoms with Gasteiger partial charge >= 0.3 is 5.97 Å². The summed E-state index contributed by atoms with van der Waals surface area (Å²) >= 11 is 7.82. The average molecular weight is 380 g/mol. The van der Waals surface area contributed by atoms with Crippen molar-refractivity contribution in [3.8, 4) is 0 Å². The summed E-state index contributed by atoms with van der Waals surface area (Å²) < 4.78 is 0. The van der Waals surface area contributed by atoms with Crippen molar-refractivity contribution in [1.29, 1.82) is 5.41 Å². The predicted molar refractivity (Wildman–Crippen MR) is 96.3 cm³/mol. The highest BCUT2D eigenvalue weighted by molar-refractivity contribution is 7.80. The van der Waals surface area contributed by atoms with E-state index in [-0.39, 0.29) is 17.5 Å². The maximum absolute atomic E-state index is 12.0. The van der Waals surface area contributed by atoms with Gasteiger partial charge in [-0.05, 0) is 12.8 Å². The lowest BCUT2D eigenvalue weighted by Gasteiger charge is -2.21. The topological polar surface area (TPSA) is 183 Å². The number of thiol groups is 2. The van der Waals surface area contributed by atoms with Crippen LogP contribution in [0.15, 0.2) is 0 Å². The highest BCUT2D eigenvalue weighted by Gasteiger charge is 2.26. The van der Waals surface area contributed by atoms with E-state index in [1.54, 1.807) is 0 Å². The molecule has 0 heterocycles. The zero-order valence-electron chi connectivity index (χ0n) is 13.0. The molecule has 0 spiro atoms. The Hall–Kier alpha value is -1.66. The van der Waals surface area contributed by atoms with Gasteiger partial charge in [-0.2, -0.15) is 25.3 Å². The number of carbonyl (C=O) groups is 3. The van der Waals surface area contributed by atoms with Crippen LogP contribution in [0.25, 0.3) is 0 Å². The van der Waals surface area contributed by atoms with Crippen LogP contribution >= 0.6 is 25.3 Å². The van der Waals surface area contributed by atoms with E-state index in [2.05, 4.69) is 41.2 Å². The minimum atomic E-state index is -1.22. The van der Waals surface area contributed by atoms with Crippen LogP contribution in [0.2, 0.25) is 0 Å². The van der Waals surface area contributed by atoms with Gasteiger partial charge in [-0.15, -0.1) is 0 Å². The molecule has 2 amide bonds. The molecule has 0 aliphatic heterocycles. The molecule has 0 aromatic rings. The summed E-state index contributed by atoms with van der Waals surface area (Å²) in [5.41, 5.74) is 10.8. The second-order valence-electron chi connectivity index (χ2n) is 4.91. The van der Waals surface area contributed by atoms with Gasteiger partial charge in [0.1, 0.15) is 12.1 Å². The van der Waals surface area contributed by atoms with Gasteiger partial charge in [0.05, 0.1) is 6.04 Å². The molecule has 9 N–H and O–H groups in total. The first kappa shape index (κ1) is 22.3. The van der Waals surface area contributed by atoms with Gasteiger partial charge in [0.2, 0.25) is 11.8 Å². The van der Waals surface area contributed by atoms with Crippen LogP contribution in [0.1, 0.15) is 12.8 Å². The van der Waals surface area contributed by atoms with E-state index in [9.17, 15) is 14.4 Å². The van der Waals surface area contributed by atoms with E-state index in [1.807, 2.05) is 0 Å². The summed E-state index contributed by atoms with van der Waals surface area (Å²) in [4.78, 5) is 34.8. The van der Waals surface area contributed by atoms with E-state index in [0.29, 0.717) is 19.4 Å². The van der Waals surface area contributed by atoms with Crippen molar-refractivity contribution in [3.05, 3.63) is 0 Å². The van der Waals surface area contributed by atoms with Gasteiger partial charge in [0, 0.05) is 18.1 Å². The smallest absolute Gasteiger partial charge is 0.327 e. The maximum atomic E-state index is 12.0. The van der Waals surface area contributed by atoms with E-state index in [4.69, 9.17) is 22.0 Å². The molecule has 0 saturated heterocycles. The Morgan fingerprint density at radius 1 is 1.08 bits per heavy atom. The van der Waals surface area contributed by atoms with Crippen molar-refractivity contribution in [1.82, 2.24) is 16.0 Å². The maximum Gasteiger partial charge on any atom is 0.327 e. The quantitative estimate of drug-likeness (QED) is 0.0820. The zero-order valence-corrected chi connectivity index (χ0v) is 14.8. The second-order valence-corrected chi connectivity index (χ2v) is 5.65. The van der Waals surface area contributed by atoms with Crippen LogP contribution in [0.4, 0.5) is 0 Å². The summed E-state index contributed by atoms with van der Waals surface area (Å²) in [5, 5.41) is 23.1. The van der Waals surface area contributed by atoms with E-state index >= 15 is 0 Å². The van der Waals surface area contributed by atoms with Crippen LogP contribution in [-0.2, 0) is 14.4 Å². The molecular weight excluding hydrogens is 356 g/mol. The molecule has 0 unspecified atom stereocenters. The largest absolute Gasteiger partial charge is 0.480 e. The molecule has 0 aliphatic rings. The number of carboxylic acids is 1. The Kier molecular flexibility index (Phi) is 11.0. The van der Waals surface area contributed by atoms with Crippen molar-refractivity contribution < 1.29 is 19.5 Å². The van der Waals surface area contributed by atoms with Crippen LogP contribution in [-0.4, -0.2) is 65.0 Å². The lowest BCUT2D eigenvalue weighted by molar-refractivity contribution is -0.141. The van der Waals surface area contributed by atoms with Gasteiger partial charge in [-0.25, -0.2) is 4.79 Å². The number of nitrogens with two attached hydrogens (primary N) is 2. The lowest BCUT2D eigenvalue weighted by Crippen LogP contribution is -2.55. The number of aliphatic carboxylic acids is 1. The van der Waals surface area contributed by atoms with Gasteiger partial charge < -0.3 is 32.5 Å². The molecule has 138 valence electrons. The number of amides is 2. The standard InChI is InChI=1S/C12H24N6O4S2/c13-6(2-1-3-16-12(14)15)9(19)17-7(4-23)10(20)18-8(5-24)11(21)22/h6-8,23-24H,1-5,13H2,(H,17,19)(H,18,20)(H,21,22)(H4,14,15,16)/t6-,7-,8-/m0/s1. The molecule has 0 bridgehead atoms. The molecule has 12 heteroatoms. The Balaban J connectivity index is 4.42. The Morgan fingerprint density at radius 2 is 1.62 bits per heavy atom. The fraction of sp³-hybridized carbons (Fsp3) is 0.667. The fourth-order valence-electron chi connectivity index (χ4n) is 1.61. The molecule has 0 radical (unpaired) electrons. The van der Waals surface area contributed by atoms with Crippen molar-refractivity contribution >= 4 is 49.0 Å². The molecule has 0 saturated carbocycles. The van der Waals surface area contributed by atoms with E-state index in [0.717, 1.165) is 0 Å². The third-order valence-corrected chi connectivity index (χ3v) is 3.69. The Labute approximate surface area is 150 Å². The number of hydrogen-bond donors (Lipinski definition) is 9. The SMILES string of the molecule is N=C(N)NCCC[C@H](N)C(=O)N[C@@H](CS)C(=O)N[C@@H](CS)C(=O)O. The van der Waals surface area contributed by atoms with Crippen molar-refractivity contribution in [3.63, 3.8) is 0 Å². The van der Waals surface area contributed by atoms with E-state index in [1.165, 1.54) is 0 Å². The summed E-state index contributed by atoms with van der Waals surface area (Å²) in [7, 11) is 0. The molecular formula is C12H24N6O4S2. The highest BCUT2D eigenvalue weighted by atomic mass is 32.1. The van der Waals surface area contributed by atoms with Crippen molar-refractivity contribution in [2.24, 2.45) is 11.5 Å². The number of guanidine groups is 1. The lowest BCUT2D eigenvalue weighted by atomic mass is 10.1. The zero-order chi connectivity index (χ0) is 18.7. The van der Waals surface area contributed by atoms with Crippen LogP contribution < -0.4 is 27.4 Å². The first-order chi connectivity index (χ1) is 11.2. The predicted octanol–water partition coefficient (Wildman–Crippen LogP) is -2.51. The van der Waals surface area contributed by atoms with Gasteiger partial charge in [0.15, 0.2) is 5.96 Å². The molecule has 10 nitrogen and oxygen atoms in total. The van der Waals surface area contributed by atoms with Crippen LogP contribution in [0.3, 0.4) is 0 Å². The molecule has 0 rings (SSSR count). The molecule has 0 aromatic heterocycles. The molecule has 0 aromatic carbocycles. The summed E-state index contributed by atoms with van der Waals surface area (Å²) in [6.45, 7) is 0.398. The molecule has 24 heavy (non-hydrogen) atoms. The van der Waals surface area contributed by atoms with Crippen LogP contribution in [0.5, 0.6) is 0 Å². The Bertz CT molecular complexity index is 465. The van der Waals surface area contributed by atoms with Crippen molar-refractivity contribution in [2.75, 3.05) is 18.1 Å². The van der Waals surface area contributed by atoms with Crippen molar-refractivity contribution in [2.45, 2.75) is 31.0 Å². The third kappa shape index (κ3) is 8.84. The minimum absolute atomic E-state index is 0.0188. The van der Waals surface area contributed by atoms with Crippen LogP contribution in [0, 0.1) is 5.41 Å². The number of carbonyl (C=O) groups excluding carboxylic acids is 2. The summed E-state index contributed by atoms with van der Waals surface area (Å²) in [5.74, 6) is -2.73. The summed E-state index contributed by atoms with van der Waals surface area (Å²) in [6.07, 6.45) is 0.827. The number of carboxylic acid groups (broad SMARTS) is 1. The van der Waals surface area contributed by atoms with Gasteiger partial charge in [-0.1, -0.05) is 0 Å². The first-order valence-corrected chi connectivity index (χ1v) is 8.38. The van der Waals surface area contributed by atoms with E-state index < -0.39 is 35.9 Å². The molecule has 3 atom stereocenters. The fourth-order valence-corrected chi connectivity index (χ4v) is 2.11. The molecule has 0 fully saturated rings. The highest BCUT2D eigenvalue weighted by Crippen LogP contribution is 1.98. The average Bonchev–Trinajstić information content (AvgIpc) is 2.52. The summed E-state index contributed by atoms with van der Waals surface area (Å²) in [6, 6.07) is -3.02. The Morgan fingerprint density at radius 3 is 2.08 bits per heavy atom. The third-order valence-electron chi connectivity index (χ3n) is 2.96. The minimum Gasteiger partial charge on any atom is -0.480 e.